The number of para-hydroxylation sites is 2. The minimum atomic E-state index is 0.372. The molecule has 0 aliphatic heterocycles. The van der Waals surface area contributed by atoms with Crippen LogP contribution in [0.3, 0.4) is 0 Å². The normalized spacial score (nSPS) is 11.3. The van der Waals surface area contributed by atoms with Crippen LogP contribution < -0.4 is 0 Å². The Morgan fingerprint density at radius 2 is 1.62 bits per heavy atom. The molecule has 0 atom stereocenters. The Bertz CT molecular complexity index is 976. The van der Waals surface area contributed by atoms with Gasteiger partial charge in [0.2, 0.25) is 5.28 Å². The second kappa shape index (κ2) is 4.72. The van der Waals surface area contributed by atoms with Crippen molar-refractivity contribution < 1.29 is 0 Å². The lowest BCUT2D eigenvalue weighted by molar-refractivity contribution is 1.10. The number of nitrogens with zero attached hydrogens (tertiary/aromatic N) is 3. The van der Waals surface area contributed by atoms with E-state index >= 15 is 0 Å². The first kappa shape index (κ1) is 12.6. The van der Waals surface area contributed by atoms with Crippen LogP contribution in [-0.2, 0) is 0 Å². The summed E-state index contributed by atoms with van der Waals surface area (Å²) in [6.45, 7) is 0. The molecule has 0 bridgehead atoms. The number of pyridine rings is 1. The molecule has 0 amide bonds. The van der Waals surface area contributed by atoms with Gasteiger partial charge >= 0.3 is 0 Å². The van der Waals surface area contributed by atoms with Crippen molar-refractivity contribution in [2.45, 2.75) is 0 Å². The van der Waals surface area contributed by atoms with E-state index in [1.807, 2.05) is 53.1 Å². The highest BCUT2D eigenvalue weighted by Crippen LogP contribution is 2.32. The minimum absolute atomic E-state index is 0.372. The summed E-state index contributed by atoms with van der Waals surface area (Å²) in [5, 5.41) is 1.99. The Kier molecular flexibility index (Phi) is 2.84. The maximum atomic E-state index is 6.34. The molecule has 0 N–H and O–H groups in total. The quantitative estimate of drug-likeness (QED) is 0.501. The molecule has 0 radical (unpaired) electrons. The third-order valence-electron chi connectivity index (χ3n) is 3.44. The monoisotopic (exact) mass is 313 g/mol. The summed E-state index contributed by atoms with van der Waals surface area (Å²) in [6, 6.07) is 15.5. The molecule has 2 aromatic carbocycles. The van der Waals surface area contributed by atoms with Crippen LogP contribution in [0, 0.1) is 0 Å². The Balaban J connectivity index is 2.21. The largest absolute Gasteiger partial charge is 0.281 e. The van der Waals surface area contributed by atoms with Crippen LogP contribution in [-0.4, -0.2) is 14.5 Å². The van der Waals surface area contributed by atoms with Gasteiger partial charge in [-0.1, -0.05) is 41.9 Å². The summed E-state index contributed by atoms with van der Waals surface area (Å²) in [7, 11) is 0. The topological polar surface area (TPSA) is 30.7 Å². The Labute approximate surface area is 130 Å². The minimum Gasteiger partial charge on any atom is -0.281 e. The molecule has 0 spiro atoms. The molecule has 21 heavy (non-hydrogen) atoms. The third-order valence-corrected chi connectivity index (χ3v) is 4.02. The number of aromatic nitrogens is 3. The number of halogens is 2. The first-order chi connectivity index (χ1) is 10.3. The molecule has 0 fully saturated rings. The number of rotatable bonds is 1. The van der Waals surface area contributed by atoms with Gasteiger partial charge in [-0.25, -0.2) is 4.98 Å². The van der Waals surface area contributed by atoms with Gasteiger partial charge in [-0.3, -0.25) is 9.55 Å². The lowest BCUT2D eigenvalue weighted by Crippen LogP contribution is -1.96. The third kappa shape index (κ3) is 1.89. The highest BCUT2D eigenvalue weighted by molar-refractivity contribution is 6.33. The smallest absolute Gasteiger partial charge is 0.208 e. The summed E-state index contributed by atoms with van der Waals surface area (Å²) in [5.41, 5.74) is 3.37. The van der Waals surface area contributed by atoms with E-state index < -0.39 is 0 Å². The van der Waals surface area contributed by atoms with Gasteiger partial charge in [0.15, 0.2) is 0 Å². The summed E-state index contributed by atoms with van der Waals surface area (Å²) in [6.07, 6.45) is 1.73. The summed E-state index contributed by atoms with van der Waals surface area (Å²) in [4.78, 5) is 8.80. The van der Waals surface area contributed by atoms with Crippen molar-refractivity contribution in [3.05, 3.63) is 65.0 Å². The first-order valence-electron chi connectivity index (χ1n) is 6.42. The predicted molar refractivity (Wildman–Crippen MR) is 86.4 cm³/mol. The number of imidazole rings is 1. The average Bonchev–Trinajstić information content (AvgIpc) is 2.84. The Morgan fingerprint density at radius 3 is 2.48 bits per heavy atom. The van der Waals surface area contributed by atoms with Crippen LogP contribution >= 0.6 is 23.2 Å². The Morgan fingerprint density at radius 1 is 0.857 bits per heavy atom. The second-order valence-corrected chi connectivity index (χ2v) is 5.42. The highest BCUT2D eigenvalue weighted by atomic mass is 35.5. The van der Waals surface area contributed by atoms with Gasteiger partial charge in [-0.15, -0.1) is 0 Å². The number of fused-ring (bicyclic) bond motifs is 3. The van der Waals surface area contributed by atoms with Gasteiger partial charge in [-0.2, -0.15) is 0 Å². The van der Waals surface area contributed by atoms with Crippen molar-refractivity contribution in [2.75, 3.05) is 0 Å². The molecule has 3 nitrogen and oxygen atoms in total. The van der Waals surface area contributed by atoms with E-state index in [0.717, 1.165) is 27.6 Å². The fourth-order valence-corrected chi connectivity index (χ4v) is 3.01. The lowest BCUT2D eigenvalue weighted by Gasteiger charge is -2.09. The van der Waals surface area contributed by atoms with E-state index in [9.17, 15) is 0 Å². The van der Waals surface area contributed by atoms with Crippen LogP contribution in [0.25, 0.3) is 27.6 Å². The number of hydrogen-bond donors (Lipinski definition) is 0. The zero-order chi connectivity index (χ0) is 14.4. The van der Waals surface area contributed by atoms with E-state index in [1.165, 1.54) is 0 Å². The van der Waals surface area contributed by atoms with Crippen molar-refractivity contribution in [2.24, 2.45) is 0 Å². The summed E-state index contributed by atoms with van der Waals surface area (Å²) < 4.78 is 1.86. The lowest BCUT2D eigenvalue weighted by atomic mass is 10.2. The van der Waals surface area contributed by atoms with Gasteiger partial charge in [0.05, 0.1) is 27.9 Å². The molecule has 0 unspecified atom stereocenters. The van der Waals surface area contributed by atoms with Gasteiger partial charge in [0, 0.05) is 5.39 Å². The SMILES string of the molecule is Clc1ccccc1-n1c(Cl)nc2cnc3ccccc3c21. The van der Waals surface area contributed by atoms with Crippen molar-refractivity contribution in [1.82, 2.24) is 14.5 Å². The van der Waals surface area contributed by atoms with Crippen molar-refractivity contribution in [3.8, 4) is 5.69 Å². The molecule has 2 heterocycles. The molecule has 0 saturated heterocycles. The molecule has 5 heteroatoms. The van der Waals surface area contributed by atoms with Crippen LogP contribution in [0.15, 0.2) is 54.7 Å². The molecule has 4 rings (SSSR count). The maximum absolute atomic E-state index is 6.34. The van der Waals surface area contributed by atoms with E-state index in [2.05, 4.69) is 9.97 Å². The molecular formula is C16H9Cl2N3. The first-order valence-corrected chi connectivity index (χ1v) is 7.18. The van der Waals surface area contributed by atoms with E-state index in [4.69, 9.17) is 23.2 Å². The second-order valence-electron chi connectivity index (χ2n) is 4.68. The summed E-state index contributed by atoms with van der Waals surface area (Å²) in [5.74, 6) is 0. The predicted octanol–water partition coefficient (Wildman–Crippen LogP) is 4.88. The Hall–Kier alpha value is -2.10. The van der Waals surface area contributed by atoms with Gasteiger partial charge in [0.25, 0.3) is 0 Å². The number of benzene rings is 2. The molecule has 2 aromatic heterocycles. The van der Waals surface area contributed by atoms with Crippen molar-refractivity contribution in [3.63, 3.8) is 0 Å². The van der Waals surface area contributed by atoms with Crippen LogP contribution in [0.2, 0.25) is 10.3 Å². The van der Waals surface area contributed by atoms with Gasteiger partial charge in [-0.05, 0) is 29.8 Å². The summed E-state index contributed by atoms with van der Waals surface area (Å²) >= 11 is 12.7. The molecule has 0 aliphatic rings. The fraction of sp³-hybridized carbons (Fsp3) is 0. The van der Waals surface area contributed by atoms with Crippen LogP contribution in [0.5, 0.6) is 0 Å². The molecule has 0 saturated carbocycles. The van der Waals surface area contributed by atoms with Gasteiger partial charge < -0.3 is 0 Å². The standard InChI is InChI=1S/C16H9Cl2N3/c17-11-6-2-4-8-14(11)21-15-10-5-1-3-7-12(10)19-9-13(15)20-16(21)18/h1-9H. The fourth-order valence-electron chi connectivity index (χ4n) is 2.53. The molecule has 0 aliphatic carbocycles. The molecule has 4 aromatic rings. The van der Waals surface area contributed by atoms with E-state index in [-0.39, 0.29) is 0 Å². The van der Waals surface area contributed by atoms with Crippen molar-refractivity contribution in [1.29, 1.82) is 0 Å². The van der Waals surface area contributed by atoms with Crippen molar-refractivity contribution >= 4 is 45.1 Å². The average molecular weight is 314 g/mol. The van der Waals surface area contributed by atoms with E-state index in [1.54, 1.807) is 6.20 Å². The van der Waals surface area contributed by atoms with E-state index in [0.29, 0.717) is 10.3 Å². The highest BCUT2D eigenvalue weighted by Gasteiger charge is 2.15. The molecule has 102 valence electrons. The number of hydrogen-bond acceptors (Lipinski definition) is 2. The zero-order valence-corrected chi connectivity index (χ0v) is 12.3. The maximum Gasteiger partial charge on any atom is 0.208 e. The van der Waals surface area contributed by atoms with Crippen LogP contribution in [0.1, 0.15) is 0 Å². The zero-order valence-electron chi connectivity index (χ0n) is 10.8. The van der Waals surface area contributed by atoms with Gasteiger partial charge in [0.1, 0.15) is 5.52 Å². The van der Waals surface area contributed by atoms with Crippen LogP contribution in [0.4, 0.5) is 0 Å². The molecular weight excluding hydrogens is 305 g/mol.